The molecule has 0 N–H and O–H groups in total. The van der Waals surface area contributed by atoms with Crippen molar-refractivity contribution in [2.24, 2.45) is 14.1 Å². The zero-order valence-electron chi connectivity index (χ0n) is 8.18. The van der Waals surface area contributed by atoms with Gasteiger partial charge in [-0.1, -0.05) is 0 Å². The van der Waals surface area contributed by atoms with E-state index in [1.807, 2.05) is 7.05 Å². The Morgan fingerprint density at radius 1 is 1.43 bits per heavy atom. The Balaban J connectivity index is 3.00. The van der Waals surface area contributed by atoms with Gasteiger partial charge in [0, 0.05) is 14.1 Å². The third kappa shape index (κ3) is 1.00. The SMILES string of the molecule is COc1nc(=O)n(C)c2ncn(C)c12. The van der Waals surface area contributed by atoms with Gasteiger partial charge in [0.25, 0.3) is 0 Å². The molecule has 0 atom stereocenters. The van der Waals surface area contributed by atoms with Crippen molar-refractivity contribution in [1.29, 1.82) is 0 Å². The number of rotatable bonds is 1. The molecule has 0 fully saturated rings. The van der Waals surface area contributed by atoms with Crippen molar-refractivity contribution in [3.63, 3.8) is 0 Å². The number of ether oxygens (including phenoxy) is 1. The van der Waals surface area contributed by atoms with E-state index in [-0.39, 0.29) is 5.69 Å². The average Bonchev–Trinajstić information content (AvgIpc) is 2.55. The molecule has 0 radical (unpaired) electrons. The number of fused-ring (bicyclic) bond motifs is 1. The molecule has 6 nitrogen and oxygen atoms in total. The first-order chi connectivity index (χ1) is 6.65. The van der Waals surface area contributed by atoms with Crippen LogP contribution in [-0.2, 0) is 14.1 Å². The fraction of sp³-hybridized carbons (Fsp3) is 0.375. The van der Waals surface area contributed by atoms with E-state index < -0.39 is 0 Å². The first-order valence-corrected chi connectivity index (χ1v) is 4.07. The fourth-order valence-electron chi connectivity index (χ4n) is 1.36. The minimum atomic E-state index is -0.368. The largest absolute Gasteiger partial charge is 0.479 e. The van der Waals surface area contributed by atoms with Crippen LogP contribution in [0.15, 0.2) is 11.1 Å². The molecule has 14 heavy (non-hydrogen) atoms. The standard InChI is InChI=1S/C8H10N4O2/c1-11-4-9-6-5(11)7(14-3)10-8(13)12(6)2/h4H,1-3H3. The Bertz CT molecular complexity index is 540. The molecule has 2 rings (SSSR count). The normalized spacial score (nSPS) is 10.8. The van der Waals surface area contributed by atoms with Crippen molar-refractivity contribution in [1.82, 2.24) is 19.1 Å². The van der Waals surface area contributed by atoms with Gasteiger partial charge in [-0.05, 0) is 0 Å². The smallest absolute Gasteiger partial charge is 0.352 e. The van der Waals surface area contributed by atoms with Gasteiger partial charge in [0.05, 0.1) is 13.4 Å². The van der Waals surface area contributed by atoms with E-state index in [9.17, 15) is 4.79 Å². The van der Waals surface area contributed by atoms with E-state index in [2.05, 4.69) is 9.97 Å². The highest BCUT2D eigenvalue weighted by Crippen LogP contribution is 2.18. The zero-order valence-corrected chi connectivity index (χ0v) is 8.18. The topological polar surface area (TPSA) is 61.9 Å². The predicted molar refractivity (Wildman–Crippen MR) is 50.3 cm³/mol. The van der Waals surface area contributed by atoms with Crippen LogP contribution in [0.5, 0.6) is 5.88 Å². The third-order valence-corrected chi connectivity index (χ3v) is 2.12. The number of hydrogen-bond acceptors (Lipinski definition) is 4. The van der Waals surface area contributed by atoms with Gasteiger partial charge in [-0.2, -0.15) is 4.98 Å². The number of hydrogen-bond donors (Lipinski definition) is 0. The number of methoxy groups -OCH3 is 1. The summed E-state index contributed by atoms with van der Waals surface area (Å²) < 4.78 is 8.17. The number of imidazole rings is 1. The van der Waals surface area contributed by atoms with Crippen LogP contribution in [0.3, 0.4) is 0 Å². The molecule has 0 unspecified atom stereocenters. The van der Waals surface area contributed by atoms with Gasteiger partial charge in [0.1, 0.15) is 5.52 Å². The second-order valence-corrected chi connectivity index (χ2v) is 2.99. The predicted octanol–water partition coefficient (Wildman–Crippen LogP) is -0.324. The Hall–Kier alpha value is -1.85. The number of aromatic nitrogens is 4. The molecule has 2 aromatic rings. The summed E-state index contributed by atoms with van der Waals surface area (Å²) in [5.74, 6) is 0.308. The molecule has 0 aliphatic rings. The molecular weight excluding hydrogens is 184 g/mol. The highest BCUT2D eigenvalue weighted by atomic mass is 16.5. The summed E-state index contributed by atoms with van der Waals surface area (Å²) in [5.41, 5.74) is 0.923. The van der Waals surface area contributed by atoms with Crippen LogP contribution < -0.4 is 10.4 Å². The lowest BCUT2D eigenvalue weighted by atomic mass is 10.5. The van der Waals surface area contributed by atoms with E-state index in [0.29, 0.717) is 11.5 Å². The molecule has 0 saturated heterocycles. The first kappa shape index (κ1) is 8.74. The molecule has 2 aromatic heterocycles. The Kier molecular flexibility index (Phi) is 1.77. The molecule has 0 spiro atoms. The van der Waals surface area contributed by atoms with Crippen molar-refractivity contribution in [2.45, 2.75) is 0 Å². The summed E-state index contributed by atoms with van der Waals surface area (Å²) >= 11 is 0. The van der Waals surface area contributed by atoms with Gasteiger partial charge in [0.2, 0.25) is 5.88 Å². The zero-order chi connectivity index (χ0) is 10.3. The highest BCUT2D eigenvalue weighted by Gasteiger charge is 2.12. The Morgan fingerprint density at radius 3 is 2.79 bits per heavy atom. The Labute approximate surface area is 79.8 Å². The van der Waals surface area contributed by atoms with Gasteiger partial charge in [0.15, 0.2) is 5.65 Å². The van der Waals surface area contributed by atoms with Crippen molar-refractivity contribution < 1.29 is 4.74 Å². The molecule has 0 aliphatic carbocycles. The third-order valence-electron chi connectivity index (χ3n) is 2.12. The van der Waals surface area contributed by atoms with Crippen LogP contribution in [-0.4, -0.2) is 26.2 Å². The maximum atomic E-state index is 11.3. The van der Waals surface area contributed by atoms with Crippen LogP contribution in [0.1, 0.15) is 0 Å². The van der Waals surface area contributed by atoms with E-state index in [4.69, 9.17) is 4.74 Å². The minimum absolute atomic E-state index is 0.308. The molecule has 0 saturated carbocycles. The van der Waals surface area contributed by atoms with E-state index in [1.165, 1.54) is 11.7 Å². The molecule has 0 aromatic carbocycles. The molecule has 74 valence electrons. The Morgan fingerprint density at radius 2 is 2.14 bits per heavy atom. The van der Waals surface area contributed by atoms with Gasteiger partial charge >= 0.3 is 5.69 Å². The number of nitrogens with zero attached hydrogens (tertiary/aromatic N) is 4. The summed E-state index contributed by atoms with van der Waals surface area (Å²) in [6.07, 6.45) is 1.62. The first-order valence-electron chi connectivity index (χ1n) is 4.07. The van der Waals surface area contributed by atoms with Crippen LogP contribution in [0, 0.1) is 0 Å². The summed E-state index contributed by atoms with van der Waals surface area (Å²) in [4.78, 5) is 19.2. The van der Waals surface area contributed by atoms with E-state index in [1.54, 1.807) is 17.9 Å². The highest BCUT2D eigenvalue weighted by molar-refractivity contribution is 5.76. The molecule has 0 amide bonds. The monoisotopic (exact) mass is 194 g/mol. The van der Waals surface area contributed by atoms with Crippen molar-refractivity contribution in [3.8, 4) is 5.88 Å². The lowest BCUT2D eigenvalue weighted by Gasteiger charge is -2.03. The maximum absolute atomic E-state index is 11.3. The van der Waals surface area contributed by atoms with Crippen LogP contribution in [0.4, 0.5) is 0 Å². The van der Waals surface area contributed by atoms with Gasteiger partial charge < -0.3 is 9.30 Å². The summed E-state index contributed by atoms with van der Waals surface area (Å²) in [5, 5.41) is 0. The van der Waals surface area contributed by atoms with E-state index in [0.717, 1.165) is 5.52 Å². The van der Waals surface area contributed by atoms with Crippen molar-refractivity contribution in [2.75, 3.05) is 7.11 Å². The van der Waals surface area contributed by atoms with Crippen molar-refractivity contribution in [3.05, 3.63) is 16.8 Å². The lowest BCUT2D eigenvalue weighted by Crippen LogP contribution is -2.21. The maximum Gasteiger partial charge on any atom is 0.352 e. The lowest BCUT2D eigenvalue weighted by molar-refractivity contribution is 0.397. The number of aryl methyl sites for hydroxylation is 2. The van der Waals surface area contributed by atoms with Gasteiger partial charge in [-0.15, -0.1) is 0 Å². The van der Waals surface area contributed by atoms with Crippen LogP contribution in [0.2, 0.25) is 0 Å². The molecular formula is C8H10N4O2. The quantitative estimate of drug-likeness (QED) is 0.624. The van der Waals surface area contributed by atoms with Gasteiger partial charge in [-0.25, -0.2) is 9.78 Å². The summed E-state index contributed by atoms with van der Waals surface area (Å²) in [7, 11) is 4.93. The van der Waals surface area contributed by atoms with Crippen LogP contribution >= 0.6 is 0 Å². The second kappa shape index (κ2) is 2.83. The van der Waals surface area contributed by atoms with Crippen molar-refractivity contribution >= 4 is 11.2 Å². The molecule has 2 heterocycles. The molecule has 0 aliphatic heterocycles. The minimum Gasteiger partial charge on any atom is -0.479 e. The second-order valence-electron chi connectivity index (χ2n) is 2.99. The average molecular weight is 194 g/mol. The van der Waals surface area contributed by atoms with Gasteiger partial charge in [-0.3, -0.25) is 4.57 Å². The summed E-state index contributed by atoms with van der Waals surface area (Å²) in [6, 6.07) is 0. The molecule has 0 bridgehead atoms. The van der Waals surface area contributed by atoms with Crippen LogP contribution in [0.25, 0.3) is 11.2 Å². The summed E-state index contributed by atoms with van der Waals surface area (Å²) in [6.45, 7) is 0. The fourth-order valence-corrected chi connectivity index (χ4v) is 1.36. The molecule has 6 heteroatoms. The van der Waals surface area contributed by atoms with E-state index >= 15 is 0 Å².